The highest BCUT2D eigenvalue weighted by molar-refractivity contribution is 6.05. The first-order valence-corrected chi connectivity index (χ1v) is 22.0. The zero-order chi connectivity index (χ0) is 43.0. The van der Waals surface area contributed by atoms with E-state index in [0.717, 1.165) is 65.0 Å². The lowest BCUT2D eigenvalue weighted by Crippen LogP contribution is -2.40. The number of hydrogen-bond acceptors (Lipinski definition) is 9. The number of aromatic nitrogens is 2. The second-order valence-corrected chi connectivity index (χ2v) is 17.7. The Bertz CT molecular complexity index is 2530. The molecule has 2 aromatic heterocycles. The number of ether oxygens (including phenoxy) is 1. The number of carbonyl (C=O) groups excluding carboxylic acids is 2. The quantitative estimate of drug-likeness (QED) is 0.0789. The SMILES string of the molecule is O=C1CCc2cc(OC3CCCC3)c(O)c(c2)[C@H](O)c2cccc(c2)Cc2cc[nH]c2NCC2=Cc3[nH]ccc3[C@@H](C[C@]3(O)C=Cc4c(O)cccc4CC3)[C@@H]2C(=O)[C@@H]1CCO. The van der Waals surface area contributed by atoms with E-state index in [2.05, 4.69) is 15.3 Å². The van der Waals surface area contributed by atoms with E-state index in [1.54, 1.807) is 36.4 Å². The minimum Gasteiger partial charge on any atom is -0.507 e. The van der Waals surface area contributed by atoms with Crippen LogP contribution < -0.4 is 10.1 Å². The van der Waals surface area contributed by atoms with Crippen LogP contribution in [0.15, 0.2) is 90.8 Å². The molecule has 62 heavy (non-hydrogen) atoms. The molecular weight excluding hydrogens is 783 g/mol. The highest BCUT2D eigenvalue weighted by Gasteiger charge is 2.45. The molecule has 0 amide bonds. The predicted molar refractivity (Wildman–Crippen MR) is 237 cm³/mol. The van der Waals surface area contributed by atoms with Crippen LogP contribution in [0.25, 0.3) is 12.2 Å². The van der Waals surface area contributed by atoms with E-state index in [-0.39, 0.29) is 79.3 Å². The van der Waals surface area contributed by atoms with Gasteiger partial charge >= 0.3 is 0 Å². The molecule has 8 N–H and O–H groups in total. The van der Waals surface area contributed by atoms with Gasteiger partial charge < -0.3 is 45.6 Å². The van der Waals surface area contributed by atoms with Gasteiger partial charge in [-0.2, -0.15) is 0 Å². The van der Waals surface area contributed by atoms with Crippen LogP contribution in [-0.4, -0.2) is 71.9 Å². The molecular formula is C51H55N3O8. The summed E-state index contributed by atoms with van der Waals surface area (Å²) in [5.74, 6) is -2.14. The number of anilines is 1. The molecule has 0 unspecified atom stereocenters. The summed E-state index contributed by atoms with van der Waals surface area (Å²) in [6.07, 6.45) is 13.3. The second kappa shape index (κ2) is 17.5. The largest absolute Gasteiger partial charge is 0.507 e. The maximum absolute atomic E-state index is 15.4. The van der Waals surface area contributed by atoms with Gasteiger partial charge in [0.2, 0.25) is 0 Å². The fourth-order valence-electron chi connectivity index (χ4n) is 10.3. The Morgan fingerprint density at radius 1 is 0.855 bits per heavy atom. The number of phenols is 2. The van der Waals surface area contributed by atoms with E-state index < -0.39 is 29.5 Å². The molecule has 1 aliphatic heterocycles. The van der Waals surface area contributed by atoms with Crippen molar-refractivity contribution < 1.29 is 39.9 Å². The summed E-state index contributed by atoms with van der Waals surface area (Å²) >= 11 is 0. The number of ketones is 2. The second-order valence-electron chi connectivity index (χ2n) is 17.7. The molecule has 0 spiro atoms. The van der Waals surface area contributed by atoms with E-state index in [4.69, 9.17) is 4.74 Å². The first-order chi connectivity index (χ1) is 30.1. The average molecular weight is 838 g/mol. The van der Waals surface area contributed by atoms with Crippen molar-refractivity contribution in [3.05, 3.63) is 141 Å². The van der Waals surface area contributed by atoms with Crippen molar-refractivity contribution in [3.63, 3.8) is 0 Å². The first kappa shape index (κ1) is 41.5. The number of aliphatic hydroxyl groups excluding tert-OH is 2. The number of aromatic amines is 2. The average Bonchev–Trinajstić information content (AvgIpc) is 4.05. The maximum atomic E-state index is 15.4. The molecule has 11 nitrogen and oxygen atoms in total. The number of rotatable bonds is 6. The number of fused-ring (bicyclic) bond motifs is 8. The lowest BCUT2D eigenvalue weighted by molar-refractivity contribution is -0.135. The van der Waals surface area contributed by atoms with E-state index >= 15 is 4.79 Å². The Hall–Kier alpha value is -5.88. The van der Waals surface area contributed by atoms with Gasteiger partial charge in [0.05, 0.1) is 17.6 Å². The number of nitrogens with one attached hydrogen (secondary N) is 3. The van der Waals surface area contributed by atoms with Crippen molar-refractivity contribution in [1.29, 1.82) is 0 Å². The molecule has 5 atom stereocenters. The smallest absolute Gasteiger partial charge is 0.163 e. The van der Waals surface area contributed by atoms with Crippen LogP contribution in [0.3, 0.4) is 0 Å². The fourth-order valence-corrected chi connectivity index (χ4v) is 10.3. The summed E-state index contributed by atoms with van der Waals surface area (Å²) in [4.78, 5) is 36.6. The van der Waals surface area contributed by atoms with Gasteiger partial charge in [-0.05, 0) is 133 Å². The van der Waals surface area contributed by atoms with Crippen LogP contribution in [0.2, 0.25) is 0 Å². The Kier molecular flexibility index (Phi) is 11.7. The Balaban J connectivity index is 1.12. The summed E-state index contributed by atoms with van der Waals surface area (Å²) in [6, 6.07) is 20.4. The Morgan fingerprint density at radius 2 is 1.68 bits per heavy atom. The Morgan fingerprint density at radius 3 is 2.52 bits per heavy atom. The van der Waals surface area contributed by atoms with Crippen LogP contribution in [0.1, 0.15) is 114 Å². The summed E-state index contributed by atoms with van der Waals surface area (Å²) in [6.45, 7) is -0.125. The number of phenolic OH excluding ortho intramolecular Hbond substituents is 2. The molecule has 3 heterocycles. The highest BCUT2D eigenvalue weighted by atomic mass is 16.5. The number of aromatic hydroxyl groups is 2. The van der Waals surface area contributed by atoms with Crippen LogP contribution in [0.4, 0.5) is 5.82 Å². The minimum absolute atomic E-state index is 0.0284. The number of H-pyrrole nitrogens is 2. The highest BCUT2D eigenvalue weighted by Crippen LogP contribution is 2.47. The van der Waals surface area contributed by atoms with E-state index in [9.17, 15) is 30.3 Å². The zero-order valence-corrected chi connectivity index (χ0v) is 34.8. The van der Waals surface area contributed by atoms with Gasteiger partial charge in [-0.1, -0.05) is 48.6 Å². The van der Waals surface area contributed by atoms with Gasteiger partial charge in [-0.25, -0.2) is 0 Å². The standard InChI is InChI=1S/C51H55N3O8/c55-22-17-39-44(57)12-11-31-25-40(48(59)45(26-31)62-36-8-1-2-9-36)47(58)33-7-3-5-30(23-33)24-34-15-20-53-50(34)54-29-35-27-42-38(16-21-52-42)41(46(35)49(39)60)28-51(61)18-13-32-6-4-10-43(56)37(32)14-19-51/h3-7,10,14-16,19-21,23,25-27,36,39,41,46-47,52-56,58-59,61H,1-2,8-9,11-13,17-18,22,24,28-29H2/t39-,41-,46-,47-,51-/m1/s1. The summed E-state index contributed by atoms with van der Waals surface area (Å²) in [7, 11) is 0. The third kappa shape index (κ3) is 8.36. The molecule has 4 bridgehead atoms. The van der Waals surface area contributed by atoms with Crippen molar-refractivity contribution in [1.82, 2.24) is 9.97 Å². The number of aliphatic hydroxyl groups is 3. The molecule has 4 aliphatic rings. The van der Waals surface area contributed by atoms with E-state index in [1.165, 1.54) is 0 Å². The van der Waals surface area contributed by atoms with Gasteiger partial charge in [0.15, 0.2) is 17.3 Å². The lowest BCUT2D eigenvalue weighted by atomic mass is 9.67. The topological polar surface area (TPSA) is 188 Å². The molecule has 9 rings (SSSR count). The number of Topliss-reactive ketones (excluding diaryl/α,β-unsaturated/α-hetero) is 2. The number of carbonyl (C=O) groups is 2. The third-order valence-corrected chi connectivity index (χ3v) is 13.6. The molecule has 5 aromatic rings. The van der Waals surface area contributed by atoms with Crippen molar-refractivity contribution >= 4 is 29.5 Å². The van der Waals surface area contributed by atoms with E-state index in [1.807, 2.05) is 60.9 Å². The zero-order valence-electron chi connectivity index (χ0n) is 34.8. The van der Waals surface area contributed by atoms with Gasteiger partial charge in [0.25, 0.3) is 0 Å². The van der Waals surface area contributed by atoms with E-state index in [0.29, 0.717) is 36.0 Å². The number of benzene rings is 3. The monoisotopic (exact) mass is 837 g/mol. The lowest BCUT2D eigenvalue weighted by Gasteiger charge is -2.38. The first-order valence-electron chi connectivity index (χ1n) is 22.0. The molecule has 0 radical (unpaired) electrons. The molecule has 3 aromatic carbocycles. The maximum Gasteiger partial charge on any atom is 0.163 e. The van der Waals surface area contributed by atoms with Gasteiger partial charge in [-0.3, -0.25) is 9.59 Å². The van der Waals surface area contributed by atoms with Gasteiger partial charge in [0.1, 0.15) is 23.5 Å². The molecule has 0 saturated heterocycles. The summed E-state index contributed by atoms with van der Waals surface area (Å²) < 4.78 is 6.36. The summed E-state index contributed by atoms with van der Waals surface area (Å²) in [5, 5.41) is 60.6. The Labute approximate surface area is 361 Å². The molecule has 11 heteroatoms. The van der Waals surface area contributed by atoms with Crippen LogP contribution in [-0.2, 0) is 28.9 Å². The van der Waals surface area contributed by atoms with Gasteiger partial charge in [0, 0.05) is 67.0 Å². The summed E-state index contributed by atoms with van der Waals surface area (Å²) in [5.41, 5.74) is 6.10. The van der Waals surface area contributed by atoms with Crippen LogP contribution in [0, 0.1) is 11.8 Å². The predicted octanol–water partition coefficient (Wildman–Crippen LogP) is 7.82. The third-order valence-electron chi connectivity index (χ3n) is 13.6. The van der Waals surface area contributed by atoms with Gasteiger partial charge in [-0.15, -0.1) is 0 Å². The van der Waals surface area contributed by atoms with Crippen molar-refractivity contribution in [2.75, 3.05) is 18.5 Å². The fraction of sp³-hybridized carbons (Fsp3) is 0.373. The van der Waals surface area contributed by atoms with Crippen LogP contribution in [0.5, 0.6) is 17.2 Å². The van der Waals surface area contributed by atoms with Crippen LogP contribution >= 0.6 is 0 Å². The van der Waals surface area contributed by atoms with Crippen molar-refractivity contribution in [3.8, 4) is 17.2 Å². The normalized spacial score (nSPS) is 24.3. The number of hydrogen-bond donors (Lipinski definition) is 8. The minimum atomic E-state index is -1.36. The van der Waals surface area contributed by atoms with Crippen molar-refractivity contribution in [2.45, 2.75) is 94.4 Å². The molecule has 3 aliphatic carbocycles. The molecule has 1 fully saturated rings. The number of aryl methyl sites for hydroxylation is 2. The van der Waals surface area contributed by atoms with Crippen molar-refractivity contribution in [2.24, 2.45) is 11.8 Å². The molecule has 1 saturated carbocycles. The molecule has 322 valence electrons.